The van der Waals surface area contributed by atoms with Crippen LogP contribution in [0, 0.1) is 0 Å². The van der Waals surface area contributed by atoms with E-state index >= 15 is 0 Å². The minimum atomic E-state index is 0.728. The highest BCUT2D eigenvalue weighted by Gasteiger charge is 2.14. The minimum absolute atomic E-state index is 0.728. The molecule has 0 radical (unpaired) electrons. The van der Waals surface area contributed by atoms with Crippen LogP contribution in [0.2, 0.25) is 0 Å². The average Bonchev–Trinajstić information content (AvgIpc) is 3.20. The topological polar surface area (TPSA) is 46.3 Å². The Kier molecular flexibility index (Phi) is 7.30. The summed E-state index contributed by atoms with van der Waals surface area (Å²) in [7, 11) is 3.32. The fourth-order valence-corrected chi connectivity index (χ4v) is 4.13. The number of halogens is 1. The van der Waals surface area contributed by atoms with Crippen molar-refractivity contribution in [2.45, 2.75) is 6.42 Å². The monoisotopic (exact) mass is 490 g/mol. The molecule has 0 spiro atoms. The fraction of sp³-hybridized carbons (Fsp3) is 0.185. The standard InChI is InChI=1S/C27H27BrN2O2/c1-31-25-14-11-20(18-26(25)32-2)27-23(22-7-3-4-8-24(22)30-27)15-17-29-16-5-6-19-9-12-21(28)13-10-19/h3-14,18,29-30H,15-17H2,1-2H3/b6-5+. The molecular formula is C27H27BrN2O2. The number of benzene rings is 3. The molecule has 0 aliphatic heterocycles. The van der Waals surface area contributed by atoms with Crippen LogP contribution < -0.4 is 14.8 Å². The molecule has 4 nitrogen and oxygen atoms in total. The van der Waals surface area contributed by atoms with Crippen molar-refractivity contribution in [3.05, 3.63) is 88.4 Å². The first-order valence-corrected chi connectivity index (χ1v) is 11.4. The number of aromatic nitrogens is 1. The van der Waals surface area contributed by atoms with Crippen LogP contribution >= 0.6 is 15.9 Å². The van der Waals surface area contributed by atoms with Crippen molar-refractivity contribution in [1.82, 2.24) is 10.3 Å². The van der Waals surface area contributed by atoms with Crippen molar-refractivity contribution >= 4 is 32.9 Å². The van der Waals surface area contributed by atoms with Gasteiger partial charge in [0.2, 0.25) is 0 Å². The molecule has 0 saturated heterocycles. The Balaban J connectivity index is 1.49. The molecule has 0 saturated carbocycles. The van der Waals surface area contributed by atoms with Crippen LogP contribution in [0.1, 0.15) is 11.1 Å². The van der Waals surface area contributed by atoms with Gasteiger partial charge in [0.1, 0.15) is 0 Å². The van der Waals surface area contributed by atoms with E-state index in [4.69, 9.17) is 9.47 Å². The molecule has 0 fully saturated rings. The summed E-state index contributed by atoms with van der Waals surface area (Å²) in [5, 5.41) is 4.79. The molecule has 1 aromatic heterocycles. The molecule has 4 rings (SSSR count). The summed E-state index contributed by atoms with van der Waals surface area (Å²) in [6.45, 7) is 1.71. The molecule has 0 bridgehead atoms. The van der Waals surface area contributed by atoms with E-state index in [0.29, 0.717) is 0 Å². The molecule has 0 amide bonds. The van der Waals surface area contributed by atoms with Gasteiger partial charge in [-0.25, -0.2) is 0 Å². The molecule has 0 aliphatic rings. The third-order valence-corrected chi connectivity index (χ3v) is 6.01. The number of rotatable bonds is 9. The number of hydrogen-bond acceptors (Lipinski definition) is 3. The number of H-pyrrole nitrogens is 1. The normalized spacial score (nSPS) is 11.3. The fourth-order valence-electron chi connectivity index (χ4n) is 3.87. The van der Waals surface area contributed by atoms with Crippen LogP contribution in [-0.4, -0.2) is 32.3 Å². The van der Waals surface area contributed by atoms with Gasteiger partial charge in [0.05, 0.1) is 14.2 Å². The zero-order valence-electron chi connectivity index (χ0n) is 18.3. The summed E-state index contributed by atoms with van der Waals surface area (Å²) < 4.78 is 12.0. The highest BCUT2D eigenvalue weighted by molar-refractivity contribution is 9.10. The Morgan fingerprint density at radius 3 is 2.50 bits per heavy atom. The van der Waals surface area contributed by atoms with Crippen LogP contribution in [0.5, 0.6) is 11.5 Å². The predicted octanol–water partition coefficient (Wildman–Crippen LogP) is 6.46. The van der Waals surface area contributed by atoms with Gasteiger partial charge in [-0.2, -0.15) is 0 Å². The zero-order chi connectivity index (χ0) is 22.3. The lowest BCUT2D eigenvalue weighted by atomic mass is 10.0. The van der Waals surface area contributed by atoms with E-state index in [2.05, 4.69) is 93.0 Å². The molecule has 0 aliphatic carbocycles. The first-order valence-electron chi connectivity index (χ1n) is 10.6. The van der Waals surface area contributed by atoms with Gasteiger partial charge < -0.3 is 19.8 Å². The third kappa shape index (κ3) is 5.06. The maximum Gasteiger partial charge on any atom is 0.161 e. The van der Waals surface area contributed by atoms with Gasteiger partial charge in [0, 0.05) is 33.2 Å². The summed E-state index contributed by atoms with van der Waals surface area (Å²) >= 11 is 3.47. The third-order valence-electron chi connectivity index (χ3n) is 5.48. The quantitative estimate of drug-likeness (QED) is 0.264. The SMILES string of the molecule is COc1ccc(-c2[nH]c3ccccc3c2CCNC/C=C/c2ccc(Br)cc2)cc1OC. The first kappa shape index (κ1) is 22.2. The van der Waals surface area contributed by atoms with E-state index in [1.165, 1.54) is 16.5 Å². The Bertz CT molecular complexity index is 1210. The molecule has 32 heavy (non-hydrogen) atoms. The van der Waals surface area contributed by atoms with Gasteiger partial charge in [-0.05, 0) is 60.5 Å². The van der Waals surface area contributed by atoms with Crippen LogP contribution in [0.15, 0.2) is 77.3 Å². The van der Waals surface area contributed by atoms with Gasteiger partial charge in [0.15, 0.2) is 11.5 Å². The van der Waals surface area contributed by atoms with E-state index in [1.807, 2.05) is 12.1 Å². The molecule has 4 aromatic rings. The Labute approximate surface area is 197 Å². The summed E-state index contributed by atoms with van der Waals surface area (Å²) in [5.41, 5.74) is 5.85. The van der Waals surface area contributed by atoms with Crippen molar-refractivity contribution in [3.8, 4) is 22.8 Å². The number of aromatic amines is 1. The highest BCUT2D eigenvalue weighted by atomic mass is 79.9. The summed E-state index contributed by atoms with van der Waals surface area (Å²) in [4.78, 5) is 3.61. The number of para-hydroxylation sites is 1. The lowest BCUT2D eigenvalue weighted by molar-refractivity contribution is 0.355. The van der Waals surface area contributed by atoms with Gasteiger partial charge in [0.25, 0.3) is 0 Å². The zero-order valence-corrected chi connectivity index (χ0v) is 19.9. The Morgan fingerprint density at radius 1 is 0.938 bits per heavy atom. The molecular weight excluding hydrogens is 464 g/mol. The van der Waals surface area contributed by atoms with Crippen molar-refractivity contribution in [2.75, 3.05) is 27.3 Å². The Hall–Kier alpha value is -3.02. The summed E-state index contributed by atoms with van der Waals surface area (Å²) in [6.07, 6.45) is 5.22. The molecule has 2 N–H and O–H groups in total. The van der Waals surface area contributed by atoms with E-state index < -0.39 is 0 Å². The Morgan fingerprint density at radius 2 is 1.72 bits per heavy atom. The molecule has 1 heterocycles. The van der Waals surface area contributed by atoms with Crippen molar-refractivity contribution in [1.29, 1.82) is 0 Å². The molecule has 3 aromatic carbocycles. The lowest BCUT2D eigenvalue weighted by Crippen LogP contribution is -2.17. The van der Waals surface area contributed by atoms with E-state index in [-0.39, 0.29) is 0 Å². The second kappa shape index (κ2) is 10.5. The number of ether oxygens (including phenoxy) is 2. The number of nitrogens with one attached hydrogen (secondary N) is 2. The summed E-state index contributed by atoms with van der Waals surface area (Å²) in [6, 6.07) is 22.8. The van der Waals surface area contributed by atoms with Gasteiger partial charge in [-0.3, -0.25) is 0 Å². The summed E-state index contributed by atoms with van der Waals surface area (Å²) in [5.74, 6) is 1.46. The van der Waals surface area contributed by atoms with Gasteiger partial charge >= 0.3 is 0 Å². The van der Waals surface area contributed by atoms with E-state index in [1.54, 1.807) is 14.2 Å². The number of fused-ring (bicyclic) bond motifs is 1. The maximum absolute atomic E-state index is 5.52. The largest absolute Gasteiger partial charge is 0.493 e. The number of methoxy groups -OCH3 is 2. The highest BCUT2D eigenvalue weighted by Crippen LogP contribution is 2.36. The van der Waals surface area contributed by atoms with Crippen LogP contribution in [0.25, 0.3) is 28.2 Å². The van der Waals surface area contributed by atoms with Crippen LogP contribution in [-0.2, 0) is 6.42 Å². The van der Waals surface area contributed by atoms with Gasteiger partial charge in [-0.15, -0.1) is 0 Å². The van der Waals surface area contributed by atoms with Crippen LogP contribution in [0.4, 0.5) is 0 Å². The molecule has 164 valence electrons. The molecule has 0 unspecified atom stereocenters. The molecule has 0 atom stereocenters. The van der Waals surface area contributed by atoms with Gasteiger partial charge in [-0.1, -0.05) is 58.4 Å². The first-order chi connectivity index (χ1) is 15.7. The van der Waals surface area contributed by atoms with Crippen LogP contribution in [0.3, 0.4) is 0 Å². The minimum Gasteiger partial charge on any atom is -0.493 e. The second-order valence-electron chi connectivity index (χ2n) is 7.50. The average molecular weight is 491 g/mol. The maximum atomic E-state index is 5.52. The smallest absolute Gasteiger partial charge is 0.161 e. The van der Waals surface area contributed by atoms with Crippen molar-refractivity contribution in [3.63, 3.8) is 0 Å². The lowest BCUT2D eigenvalue weighted by Gasteiger charge is -2.11. The van der Waals surface area contributed by atoms with E-state index in [9.17, 15) is 0 Å². The van der Waals surface area contributed by atoms with E-state index in [0.717, 1.165) is 52.3 Å². The van der Waals surface area contributed by atoms with Crippen molar-refractivity contribution in [2.24, 2.45) is 0 Å². The molecule has 5 heteroatoms. The van der Waals surface area contributed by atoms with Crippen molar-refractivity contribution < 1.29 is 9.47 Å². The predicted molar refractivity (Wildman–Crippen MR) is 137 cm³/mol. The second-order valence-corrected chi connectivity index (χ2v) is 8.42. The number of hydrogen-bond donors (Lipinski definition) is 2.